The lowest BCUT2D eigenvalue weighted by Gasteiger charge is -2.33. The number of Topliss-reactive ketones (excluding diaryl/α,β-unsaturated/α-hetero) is 1. The van der Waals surface area contributed by atoms with Crippen molar-refractivity contribution in [3.63, 3.8) is 0 Å². The number of para-hydroxylation sites is 2. The van der Waals surface area contributed by atoms with Gasteiger partial charge in [-0.2, -0.15) is 0 Å². The van der Waals surface area contributed by atoms with Gasteiger partial charge in [-0.25, -0.2) is 17.1 Å². The molecule has 1 N–H and O–H groups in total. The van der Waals surface area contributed by atoms with E-state index in [1.165, 1.54) is 22.7 Å². The Morgan fingerprint density at radius 3 is 2.52 bits per heavy atom. The Labute approximate surface area is 179 Å². The molecule has 1 aromatic heterocycles. The third kappa shape index (κ3) is 3.23. The van der Waals surface area contributed by atoms with E-state index in [2.05, 4.69) is 5.32 Å². The van der Waals surface area contributed by atoms with Gasteiger partial charge in [-0.05, 0) is 61.4 Å². The summed E-state index contributed by atoms with van der Waals surface area (Å²) in [5, 5.41) is 3.30. The van der Waals surface area contributed by atoms with Gasteiger partial charge in [0.2, 0.25) is 0 Å². The van der Waals surface area contributed by atoms with Crippen LogP contribution < -0.4 is 9.62 Å². The van der Waals surface area contributed by atoms with Crippen molar-refractivity contribution in [1.82, 2.24) is 0 Å². The number of hydrogen-bond acceptors (Lipinski definition) is 5. The molecule has 1 aliphatic heterocycles. The molecule has 6 nitrogen and oxygen atoms in total. The fourth-order valence-corrected chi connectivity index (χ4v) is 5.81. The summed E-state index contributed by atoms with van der Waals surface area (Å²) >= 11 is 0. The van der Waals surface area contributed by atoms with Gasteiger partial charge in [0.1, 0.15) is 17.6 Å². The van der Waals surface area contributed by atoms with Gasteiger partial charge in [0, 0.05) is 17.7 Å². The second-order valence-corrected chi connectivity index (χ2v) is 9.30. The van der Waals surface area contributed by atoms with E-state index in [4.69, 9.17) is 4.42 Å². The summed E-state index contributed by atoms with van der Waals surface area (Å²) in [7, 11) is -4.18. The lowest BCUT2D eigenvalue weighted by Crippen LogP contribution is -2.37. The van der Waals surface area contributed by atoms with Gasteiger partial charge in [0.05, 0.1) is 22.5 Å². The summed E-state index contributed by atoms with van der Waals surface area (Å²) in [6, 6.07) is 14.0. The minimum absolute atomic E-state index is 0.0763. The fourth-order valence-electron chi connectivity index (χ4n) is 4.19. The lowest BCUT2D eigenvalue weighted by atomic mass is 9.89. The predicted molar refractivity (Wildman–Crippen MR) is 113 cm³/mol. The number of furan rings is 1. The summed E-state index contributed by atoms with van der Waals surface area (Å²) in [4.78, 5) is 13.0. The first-order valence-corrected chi connectivity index (χ1v) is 11.4. The van der Waals surface area contributed by atoms with Crippen molar-refractivity contribution in [1.29, 1.82) is 0 Å². The average molecular weight is 438 g/mol. The molecule has 0 bridgehead atoms. The van der Waals surface area contributed by atoms with Crippen LogP contribution in [0.25, 0.3) is 0 Å². The van der Waals surface area contributed by atoms with E-state index in [9.17, 15) is 17.6 Å². The summed E-state index contributed by atoms with van der Waals surface area (Å²) in [5.41, 5.74) is 2.03. The number of rotatable bonds is 3. The van der Waals surface area contributed by atoms with Crippen molar-refractivity contribution < 1.29 is 22.0 Å². The first-order valence-electron chi connectivity index (χ1n) is 9.92. The number of anilines is 2. The van der Waals surface area contributed by atoms with Gasteiger partial charge in [0.25, 0.3) is 10.0 Å². The summed E-state index contributed by atoms with van der Waals surface area (Å²) in [6.45, 7) is 0. The third-order valence-electron chi connectivity index (χ3n) is 5.57. The number of ketones is 1. The Balaban J connectivity index is 1.82. The number of allylic oxidation sites excluding steroid dienone is 1. The first-order chi connectivity index (χ1) is 15.0. The van der Waals surface area contributed by atoms with E-state index in [1.54, 1.807) is 36.4 Å². The van der Waals surface area contributed by atoms with Gasteiger partial charge in [-0.1, -0.05) is 12.1 Å². The Morgan fingerprint density at radius 2 is 1.77 bits per heavy atom. The van der Waals surface area contributed by atoms with E-state index in [-0.39, 0.29) is 10.7 Å². The van der Waals surface area contributed by atoms with Crippen LogP contribution in [0.4, 0.5) is 15.8 Å². The Kier molecular flexibility index (Phi) is 4.66. The number of carbonyl (C=O) groups excluding carboxylic acids is 1. The van der Waals surface area contributed by atoms with Crippen LogP contribution in [-0.4, -0.2) is 14.2 Å². The van der Waals surface area contributed by atoms with Crippen LogP contribution in [0.2, 0.25) is 0 Å². The maximum atomic E-state index is 13.9. The van der Waals surface area contributed by atoms with Crippen LogP contribution in [0.5, 0.6) is 0 Å². The van der Waals surface area contributed by atoms with Crippen LogP contribution in [0.15, 0.2) is 87.5 Å². The van der Waals surface area contributed by atoms with Crippen molar-refractivity contribution in [2.45, 2.75) is 30.2 Å². The molecule has 0 spiro atoms. The highest BCUT2D eigenvalue weighted by molar-refractivity contribution is 7.92. The molecule has 0 radical (unpaired) electrons. The summed E-state index contributed by atoms with van der Waals surface area (Å²) < 4.78 is 48.2. The molecular formula is C23H19FN2O4S. The number of fused-ring (bicyclic) bond motifs is 1. The van der Waals surface area contributed by atoms with E-state index in [0.29, 0.717) is 47.7 Å². The molecule has 0 amide bonds. The highest BCUT2D eigenvalue weighted by Gasteiger charge is 2.43. The van der Waals surface area contributed by atoms with E-state index in [1.807, 2.05) is 0 Å². The number of nitrogens with zero attached hydrogens (tertiary/aromatic N) is 1. The average Bonchev–Trinajstić information content (AvgIpc) is 3.23. The highest BCUT2D eigenvalue weighted by atomic mass is 32.2. The molecule has 31 heavy (non-hydrogen) atoms. The van der Waals surface area contributed by atoms with E-state index < -0.39 is 21.9 Å². The second kappa shape index (κ2) is 7.39. The van der Waals surface area contributed by atoms with Crippen molar-refractivity contribution in [3.8, 4) is 0 Å². The molecule has 0 fully saturated rings. The maximum Gasteiger partial charge on any atom is 0.265 e. The maximum absolute atomic E-state index is 13.9. The Morgan fingerprint density at radius 1 is 1.00 bits per heavy atom. The molecule has 3 aromatic rings. The molecule has 1 atom stereocenters. The van der Waals surface area contributed by atoms with Gasteiger partial charge in [0.15, 0.2) is 5.78 Å². The van der Waals surface area contributed by atoms with Gasteiger partial charge in [-0.15, -0.1) is 0 Å². The normalized spacial score (nSPS) is 18.8. The number of halogens is 1. The summed E-state index contributed by atoms with van der Waals surface area (Å²) in [6.07, 6.45) is 3.09. The molecule has 2 aromatic carbocycles. The lowest BCUT2D eigenvalue weighted by molar-refractivity contribution is -0.116. The zero-order chi connectivity index (χ0) is 21.6. The van der Waals surface area contributed by atoms with Crippen molar-refractivity contribution in [2.75, 3.05) is 9.62 Å². The quantitative estimate of drug-likeness (QED) is 0.636. The van der Waals surface area contributed by atoms with E-state index >= 15 is 0 Å². The molecule has 8 heteroatoms. The minimum Gasteiger partial charge on any atom is -0.467 e. The Bertz CT molecular complexity index is 1280. The highest BCUT2D eigenvalue weighted by Crippen LogP contribution is 2.47. The van der Waals surface area contributed by atoms with Gasteiger partial charge < -0.3 is 9.73 Å². The van der Waals surface area contributed by atoms with Crippen molar-refractivity contribution >= 4 is 27.2 Å². The number of nitrogens with one attached hydrogen (secondary N) is 1. The largest absolute Gasteiger partial charge is 0.467 e. The molecule has 2 aliphatic rings. The second-order valence-electron chi connectivity index (χ2n) is 7.48. The smallest absolute Gasteiger partial charge is 0.265 e. The topological polar surface area (TPSA) is 79.6 Å². The molecule has 0 saturated heterocycles. The molecule has 2 heterocycles. The van der Waals surface area contributed by atoms with Crippen LogP contribution in [0, 0.1) is 5.82 Å². The van der Waals surface area contributed by atoms with Crippen molar-refractivity contribution in [2.24, 2.45) is 0 Å². The molecule has 0 saturated carbocycles. The zero-order valence-electron chi connectivity index (χ0n) is 16.4. The first kappa shape index (κ1) is 19.6. The van der Waals surface area contributed by atoms with Gasteiger partial charge >= 0.3 is 0 Å². The van der Waals surface area contributed by atoms with Crippen LogP contribution in [0.3, 0.4) is 0 Å². The number of carbonyl (C=O) groups is 1. The molecule has 1 aliphatic carbocycles. The Hall–Kier alpha value is -3.39. The molecular weight excluding hydrogens is 419 g/mol. The number of hydrogen-bond donors (Lipinski definition) is 1. The van der Waals surface area contributed by atoms with Crippen molar-refractivity contribution in [3.05, 3.63) is 89.8 Å². The standard InChI is InChI=1S/C23H19FN2O4S/c24-15-10-12-16(13-11-15)31(28,29)26-19-7-2-1-5-17(19)25-18-6-3-8-20(27)22(18)23(26)21-9-4-14-30-21/h1-2,4-5,7,9-14,23,25H,3,6,8H2/t23-/m0/s1. The fraction of sp³-hybridized carbons (Fsp3) is 0.174. The zero-order valence-corrected chi connectivity index (χ0v) is 17.2. The van der Waals surface area contributed by atoms with E-state index in [0.717, 1.165) is 12.1 Å². The van der Waals surface area contributed by atoms with Crippen LogP contribution in [-0.2, 0) is 14.8 Å². The number of benzene rings is 2. The minimum atomic E-state index is -4.18. The van der Waals surface area contributed by atoms with Crippen LogP contribution in [0.1, 0.15) is 31.1 Å². The monoisotopic (exact) mass is 438 g/mol. The van der Waals surface area contributed by atoms with Gasteiger partial charge in [-0.3, -0.25) is 4.79 Å². The third-order valence-corrected chi connectivity index (χ3v) is 7.37. The number of sulfonamides is 1. The molecule has 0 unspecified atom stereocenters. The molecule has 5 rings (SSSR count). The van der Waals surface area contributed by atoms with Crippen LogP contribution >= 0.6 is 0 Å². The summed E-state index contributed by atoms with van der Waals surface area (Å²) in [5.74, 6) is -0.318. The SMILES string of the molecule is O=C1CCCC2=C1[C@H](c1ccco1)N(S(=O)(=O)c1ccc(F)cc1)c1ccccc1N2. The predicted octanol–water partition coefficient (Wildman–Crippen LogP) is 4.79. The molecule has 158 valence electrons.